The minimum atomic E-state index is -0.338. The number of benzene rings is 1. The predicted molar refractivity (Wildman–Crippen MR) is 78.2 cm³/mol. The van der Waals surface area contributed by atoms with Crippen molar-refractivity contribution in [2.24, 2.45) is 0 Å². The maximum atomic E-state index is 9.90. The van der Waals surface area contributed by atoms with Crippen LogP contribution in [0.25, 0.3) is 0 Å². The molecule has 0 amide bonds. The molecule has 1 atom stereocenters. The van der Waals surface area contributed by atoms with E-state index in [0.717, 1.165) is 12.8 Å². The summed E-state index contributed by atoms with van der Waals surface area (Å²) in [7, 11) is 3.95. The molecule has 0 spiro atoms. The summed E-state index contributed by atoms with van der Waals surface area (Å²) in [5, 5.41) is 13.3. The number of para-hydroxylation sites is 1. The van der Waals surface area contributed by atoms with E-state index in [1.807, 2.05) is 19.0 Å². The maximum absolute atomic E-state index is 9.90. The van der Waals surface area contributed by atoms with E-state index in [-0.39, 0.29) is 6.10 Å². The molecule has 1 aromatic carbocycles. The van der Waals surface area contributed by atoms with Gasteiger partial charge >= 0.3 is 0 Å². The first kappa shape index (κ1) is 15.0. The van der Waals surface area contributed by atoms with Crippen LogP contribution < -0.4 is 5.32 Å². The van der Waals surface area contributed by atoms with Crippen LogP contribution in [0.4, 0.5) is 5.69 Å². The molecule has 102 valence electrons. The fraction of sp³-hybridized carbons (Fsp3) is 0.600. The summed E-state index contributed by atoms with van der Waals surface area (Å²) >= 11 is 0. The van der Waals surface area contributed by atoms with E-state index in [2.05, 4.69) is 37.4 Å². The van der Waals surface area contributed by atoms with Gasteiger partial charge in [0.2, 0.25) is 0 Å². The molecule has 0 aliphatic heterocycles. The number of aliphatic hydroxyl groups is 1. The molecule has 0 fully saturated rings. The number of anilines is 1. The van der Waals surface area contributed by atoms with Crippen LogP contribution >= 0.6 is 0 Å². The third-order valence-electron chi connectivity index (χ3n) is 3.09. The van der Waals surface area contributed by atoms with Crippen molar-refractivity contribution in [1.29, 1.82) is 0 Å². The molecule has 0 aromatic heterocycles. The Labute approximate surface area is 111 Å². The Balaban J connectivity index is 2.70. The Morgan fingerprint density at radius 1 is 1.17 bits per heavy atom. The second-order valence-corrected chi connectivity index (χ2v) is 4.96. The molecule has 3 heteroatoms. The minimum absolute atomic E-state index is 0.338. The van der Waals surface area contributed by atoms with Gasteiger partial charge in [-0.05, 0) is 38.1 Å². The van der Waals surface area contributed by atoms with Crippen LogP contribution in [-0.2, 0) is 12.8 Å². The van der Waals surface area contributed by atoms with Crippen LogP contribution in [0, 0.1) is 0 Å². The van der Waals surface area contributed by atoms with Gasteiger partial charge in [0.25, 0.3) is 0 Å². The van der Waals surface area contributed by atoms with Gasteiger partial charge in [0.15, 0.2) is 0 Å². The van der Waals surface area contributed by atoms with Crippen LogP contribution in [0.3, 0.4) is 0 Å². The van der Waals surface area contributed by atoms with E-state index in [1.54, 1.807) is 0 Å². The Kier molecular flexibility index (Phi) is 6.16. The van der Waals surface area contributed by atoms with Crippen LogP contribution in [0.15, 0.2) is 18.2 Å². The van der Waals surface area contributed by atoms with Gasteiger partial charge in [-0.2, -0.15) is 0 Å². The molecule has 1 aromatic rings. The first-order valence-electron chi connectivity index (χ1n) is 6.75. The molecule has 0 saturated carbocycles. The zero-order chi connectivity index (χ0) is 13.5. The second kappa shape index (κ2) is 7.39. The Bertz CT molecular complexity index is 341. The van der Waals surface area contributed by atoms with Gasteiger partial charge in [-0.15, -0.1) is 0 Å². The highest BCUT2D eigenvalue weighted by Gasteiger charge is 2.09. The smallest absolute Gasteiger partial charge is 0.0838 e. The van der Waals surface area contributed by atoms with E-state index < -0.39 is 0 Å². The molecule has 0 saturated heterocycles. The lowest BCUT2D eigenvalue weighted by molar-refractivity contribution is 0.148. The SMILES string of the molecule is CCc1cccc(CC)c1NCC(O)CN(C)C. The van der Waals surface area contributed by atoms with Gasteiger partial charge in [-0.25, -0.2) is 0 Å². The third-order valence-corrected chi connectivity index (χ3v) is 3.09. The fourth-order valence-corrected chi connectivity index (χ4v) is 2.18. The largest absolute Gasteiger partial charge is 0.390 e. The molecule has 0 aliphatic carbocycles. The summed E-state index contributed by atoms with van der Waals surface area (Å²) in [5.41, 5.74) is 3.86. The molecule has 0 bridgehead atoms. The van der Waals surface area contributed by atoms with Crippen molar-refractivity contribution < 1.29 is 5.11 Å². The van der Waals surface area contributed by atoms with Gasteiger partial charge in [-0.1, -0.05) is 32.0 Å². The average molecular weight is 250 g/mol. The first-order valence-corrected chi connectivity index (χ1v) is 6.75. The average Bonchev–Trinajstić information content (AvgIpc) is 2.34. The zero-order valence-corrected chi connectivity index (χ0v) is 12.0. The van der Waals surface area contributed by atoms with Gasteiger partial charge in [0, 0.05) is 18.8 Å². The summed E-state index contributed by atoms with van der Waals surface area (Å²) in [4.78, 5) is 2.00. The molecule has 18 heavy (non-hydrogen) atoms. The Morgan fingerprint density at radius 2 is 1.72 bits per heavy atom. The van der Waals surface area contributed by atoms with Crippen molar-refractivity contribution in [3.63, 3.8) is 0 Å². The quantitative estimate of drug-likeness (QED) is 0.778. The summed E-state index contributed by atoms with van der Waals surface area (Å²) < 4.78 is 0. The first-order chi connectivity index (χ1) is 8.58. The lowest BCUT2D eigenvalue weighted by atomic mass is 10.0. The zero-order valence-electron chi connectivity index (χ0n) is 12.0. The normalized spacial score (nSPS) is 12.8. The van der Waals surface area contributed by atoms with Crippen molar-refractivity contribution in [3.05, 3.63) is 29.3 Å². The van der Waals surface area contributed by atoms with E-state index in [4.69, 9.17) is 0 Å². The molecular formula is C15H26N2O. The number of nitrogens with one attached hydrogen (secondary N) is 1. The van der Waals surface area contributed by atoms with Crippen molar-refractivity contribution in [3.8, 4) is 0 Å². The second-order valence-electron chi connectivity index (χ2n) is 4.96. The molecule has 2 N–H and O–H groups in total. The highest BCUT2D eigenvalue weighted by Crippen LogP contribution is 2.22. The van der Waals surface area contributed by atoms with Gasteiger partial charge < -0.3 is 15.3 Å². The number of hydrogen-bond donors (Lipinski definition) is 2. The van der Waals surface area contributed by atoms with Crippen molar-refractivity contribution in [2.75, 3.05) is 32.5 Å². The van der Waals surface area contributed by atoms with Crippen molar-refractivity contribution in [1.82, 2.24) is 4.90 Å². The highest BCUT2D eigenvalue weighted by molar-refractivity contribution is 5.58. The van der Waals surface area contributed by atoms with Gasteiger partial charge in [0.05, 0.1) is 6.10 Å². The molecular weight excluding hydrogens is 224 g/mol. The minimum Gasteiger partial charge on any atom is -0.390 e. The lowest BCUT2D eigenvalue weighted by Crippen LogP contribution is -2.31. The maximum Gasteiger partial charge on any atom is 0.0838 e. The summed E-state index contributed by atoms with van der Waals surface area (Å²) in [6.45, 7) is 5.61. The Hall–Kier alpha value is -1.06. The molecule has 1 unspecified atom stereocenters. The van der Waals surface area contributed by atoms with Crippen LogP contribution in [0.1, 0.15) is 25.0 Å². The molecule has 0 radical (unpaired) electrons. The topological polar surface area (TPSA) is 35.5 Å². The van der Waals surface area contributed by atoms with Crippen LogP contribution in [-0.4, -0.2) is 43.3 Å². The van der Waals surface area contributed by atoms with Gasteiger partial charge in [0.1, 0.15) is 0 Å². The molecule has 3 nitrogen and oxygen atoms in total. The van der Waals surface area contributed by atoms with Gasteiger partial charge in [-0.3, -0.25) is 0 Å². The van der Waals surface area contributed by atoms with Crippen molar-refractivity contribution in [2.45, 2.75) is 32.8 Å². The Morgan fingerprint density at radius 3 is 2.17 bits per heavy atom. The van der Waals surface area contributed by atoms with Crippen molar-refractivity contribution >= 4 is 5.69 Å². The van der Waals surface area contributed by atoms with E-state index in [9.17, 15) is 5.11 Å². The predicted octanol–water partition coefficient (Wildman–Crippen LogP) is 2.15. The number of nitrogens with zero attached hydrogens (tertiary/aromatic N) is 1. The number of aryl methyl sites for hydroxylation is 2. The van der Waals surface area contributed by atoms with Crippen LogP contribution in [0.2, 0.25) is 0 Å². The summed E-state index contributed by atoms with van der Waals surface area (Å²) in [6.07, 6.45) is 1.69. The number of likely N-dealkylation sites (N-methyl/N-ethyl adjacent to an activating group) is 1. The molecule has 0 heterocycles. The highest BCUT2D eigenvalue weighted by atomic mass is 16.3. The fourth-order valence-electron chi connectivity index (χ4n) is 2.18. The molecule has 1 rings (SSSR count). The molecule has 0 aliphatic rings. The van der Waals surface area contributed by atoms with E-state index in [0.29, 0.717) is 13.1 Å². The standard InChI is InChI=1S/C15H26N2O/c1-5-12-8-7-9-13(6-2)15(12)16-10-14(18)11-17(3)4/h7-9,14,16,18H,5-6,10-11H2,1-4H3. The lowest BCUT2D eigenvalue weighted by Gasteiger charge is -2.20. The number of hydrogen-bond acceptors (Lipinski definition) is 3. The monoisotopic (exact) mass is 250 g/mol. The number of rotatable bonds is 7. The van der Waals surface area contributed by atoms with E-state index in [1.165, 1.54) is 16.8 Å². The summed E-state index contributed by atoms with van der Waals surface area (Å²) in [6, 6.07) is 6.42. The number of aliphatic hydroxyl groups excluding tert-OH is 1. The summed E-state index contributed by atoms with van der Waals surface area (Å²) in [5.74, 6) is 0. The van der Waals surface area contributed by atoms with Crippen LogP contribution in [0.5, 0.6) is 0 Å². The third kappa shape index (κ3) is 4.31. The van der Waals surface area contributed by atoms with E-state index >= 15 is 0 Å².